The van der Waals surface area contributed by atoms with E-state index in [1.54, 1.807) is 34.9 Å². The smallest absolute Gasteiger partial charge is 0.246 e. The van der Waals surface area contributed by atoms with E-state index in [9.17, 15) is 19.2 Å². The Morgan fingerprint density at radius 1 is 0.711 bits per heavy atom. The number of likely N-dealkylation sites (tertiary alicyclic amines) is 1. The molecule has 6 N–H and O–H groups in total. The van der Waals surface area contributed by atoms with E-state index in [0.717, 1.165) is 41.2 Å². The van der Waals surface area contributed by atoms with E-state index in [-0.39, 0.29) is 44.1 Å². The van der Waals surface area contributed by atoms with Crippen LogP contribution in [0.2, 0.25) is 0 Å². The Morgan fingerprint density at radius 2 is 1.28 bits per heavy atom. The largest absolute Gasteiger partial charge is 0.351 e. The molecule has 9 atom stereocenters. The summed E-state index contributed by atoms with van der Waals surface area (Å²) in [7, 11) is 3.27. The van der Waals surface area contributed by atoms with Crippen molar-refractivity contribution in [1.82, 2.24) is 46.6 Å². The molecule has 76 heavy (non-hydrogen) atoms. The molecule has 0 aromatic heterocycles. The molecule has 16 nitrogen and oxygen atoms in total. The molecule has 4 unspecified atom stereocenters. The Labute approximate surface area is 446 Å². The normalized spacial score (nSPS) is 21.9. The zero-order valence-corrected chi connectivity index (χ0v) is 46.1. The molecule has 1 saturated heterocycles. The highest BCUT2D eigenvalue weighted by Gasteiger charge is 2.55. The minimum absolute atomic E-state index is 0.0186. The van der Waals surface area contributed by atoms with Crippen LogP contribution >= 0.6 is 0 Å². The minimum Gasteiger partial charge on any atom is -0.351 e. The zero-order chi connectivity index (χ0) is 55.6. The minimum atomic E-state index is -1.23. The number of hydrogen-bond donors (Lipinski definition) is 6. The van der Waals surface area contributed by atoms with Crippen LogP contribution in [0.25, 0.3) is 0 Å². The van der Waals surface area contributed by atoms with Crippen LogP contribution in [0.3, 0.4) is 0 Å². The van der Waals surface area contributed by atoms with Crippen molar-refractivity contribution in [2.24, 2.45) is 16.2 Å². The fourth-order valence-corrected chi connectivity index (χ4v) is 10.9. The van der Waals surface area contributed by atoms with Gasteiger partial charge in [-0.15, -0.1) is 0 Å². The summed E-state index contributed by atoms with van der Waals surface area (Å²) in [5.74, 6) is -5.49. The Morgan fingerprint density at radius 3 is 1.86 bits per heavy atom. The van der Waals surface area contributed by atoms with Crippen molar-refractivity contribution in [2.75, 3.05) is 27.2 Å². The predicted octanol–water partition coefficient (Wildman–Crippen LogP) is 5.15. The number of rotatable bonds is 17. The van der Waals surface area contributed by atoms with Gasteiger partial charge in [-0.1, -0.05) is 102 Å². The molecule has 3 aromatic rings. The fourth-order valence-electron chi connectivity index (χ4n) is 10.9. The zero-order valence-electron chi connectivity index (χ0n) is 46.1. The molecule has 0 bridgehead atoms. The molecule has 412 valence electrons. The number of fused-ring (bicyclic) bond motifs is 2. The lowest BCUT2D eigenvalue weighted by molar-refractivity contribution is -0.153. The second kappa shape index (κ2) is 23.1. The first-order valence-corrected chi connectivity index (χ1v) is 26.9. The van der Waals surface area contributed by atoms with Crippen LogP contribution in [0, 0.1) is 27.9 Å². The molecule has 0 radical (unpaired) electrons. The van der Waals surface area contributed by atoms with Crippen molar-refractivity contribution in [2.45, 2.75) is 168 Å². The molecule has 2 fully saturated rings. The highest BCUT2D eigenvalue weighted by Crippen LogP contribution is 2.49. The van der Waals surface area contributed by atoms with Gasteiger partial charge in [-0.05, 0) is 113 Å². The van der Waals surface area contributed by atoms with Gasteiger partial charge >= 0.3 is 0 Å². The standard InChI is InChI=1S/C58H79F2N9O7/c1-33(61-10)49(70)65-47(56(4,5)6)53(74)67-30-38-20-13-12-19-37(38)28-45(67)52(73)69(35(3)40-23-17-24-42(59)46(40)60)32-58(26-27-58)55(76)63-39-29-44(51(72)64-43-25-16-21-36-18-14-15-22-41(36)43)68(31-39)54(75)48(57(7,8)9)66-50(71)34(2)62-11/h12-15,17-20,22-24,33-35,39,43-45,47-48,61-62H,16,21,25-32H2,1-11H3,(H,63,76)(H,64,72)(H,65,70)(H,66,71)/t33-,34-,35+,39?,43?,44-,45?,47?,48+/m0/s1. The number of hydrogen-bond acceptors (Lipinski definition) is 9. The van der Waals surface area contributed by atoms with Crippen molar-refractivity contribution in [3.63, 3.8) is 0 Å². The molecule has 4 aliphatic rings. The molecular weight excluding hydrogens is 973 g/mol. The van der Waals surface area contributed by atoms with Crippen LogP contribution in [0.15, 0.2) is 66.7 Å². The van der Waals surface area contributed by atoms with Gasteiger partial charge in [0.15, 0.2) is 11.6 Å². The van der Waals surface area contributed by atoms with Crippen LogP contribution in [0.4, 0.5) is 8.78 Å². The van der Waals surface area contributed by atoms with E-state index in [1.165, 1.54) is 26.8 Å². The first kappa shape index (κ1) is 57.4. The van der Waals surface area contributed by atoms with Gasteiger partial charge in [-0.25, -0.2) is 8.78 Å². The SMILES string of the molecule is CN[C@@H](C)C(=O)NC(C(=O)N1Cc2ccccc2CC1C(=O)N(CC1(C(=O)NC2C[C@@H](C(=O)NC3CCCc4ccccc43)N(C(=O)[C@@H](NC(=O)[C@H](C)NC)C(C)(C)C)C2)CC1)[C@H](C)c1cccc(F)c1F)C(C)(C)C. The number of carbonyl (C=O) groups is 7. The molecule has 7 amide bonds. The van der Waals surface area contributed by atoms with Crippen molar-refractivity contribution < 1.29 is 42.3 Å². The molecule has 0 spiro atoms. The predicted molar refractivity (Wildman–Crippen MR) is 285 cm³/mol. The van der Waals surface area contributed by atoms with Gasteiger partial charge in [0.05, 0.1) is 29.6 Å². The summed E-state index contributed by atoms with van der Waals surface area (Å²) < 4.78 is 31.0. The molecule has 7 rings (SSSR count). The first-order chi connectivity index (χ1) is 35.8. The van der Waals surface area contributed by atoms with Crippen LogP contribution in [0.5, 0.6) is 0 Å². The number of amides is 7. The summed E-state index contributed by atoms with van der Waals surface area (Å²) >= 11 is 0. The van der Waals surface area contributed by atoms with E-state index >= 15 is 23.2 Å². The molecular formula is C58H79F2N9O7. The van der Waals surface area contributed by atoms with Gasteiger partial charge in [-0.3, -0.25) is 33.6 Å². The summed E-state index contributed by atoms with van der Waals surface area (Å²) in [4.78, 5) is 106. The van der Waals surface area contributed by atoms with Gasteiger partial charge in [0.2, 0.25) is 41.4 Å². The average molecular weight is 1050 g/mol. The van der Waals surface area contributed by atoms with E-state index in [1.807, 2.05) is 90.1 Å². The summed E-state index contributed by atoms with van der Waals surface area (Å²) in [6, 6.07) is 11.4. The topological polar surface area (TPSA) is 201 Å². The van der Waals surface area contributed by atoms with Crippen molar-refractivity contribution >= 4 is 41.4 Å². The van der Waals surface area contributed by atoms with Gasteiger partial charge in [0, 0.05) is 37.7 Å². The third-order valence-electron chi connectivity index (χ3n) is 16.2. The third kappa shape index (κ3) is 12.4. The monoisotopic (exact) mass is 1050 g/mol. The molecule has 18 heteroatoms. The van der Waals surface area contributed by atoms with E-state index < -0.39 is 118 Å². The van der Waals surface area contributed by atoms with Crippen molar-refractivity contribution in [1.29, 1.82) is 0 Å². The van der Waals surface area contributed by atoms with Gasteiger partial charge in [0.1, 0.15) is 24.2 Å². The van der Waals surface area contributed by atoms with Crippen LogP contribution in [-0.2, 0) is 52.9 Å². The molecule has 2 aliphatic heterocycles. The Balaban J connectivity index is 1.21. The number of aryl methyl sites for hydroxylation is 1. The lowest BCUT2D eigenvalue weighted by atomic mass is 9.84. The number of nitrogens with one attached hydrogen (secondary N) is 6. The number of nitrogens with zero attached hydrogens (tertiary/aromatic N) is 3. The highest BCUT2D eigenvalue weighted by molar-refractivity contribution is 5.96. The first-order valence-electron chi connectivity index (χ1n) is 26.9. The van der Waals surface area contributed by atoms with Crippen LogP contribution in [-0.4, -0.2) is 126 Å². The Kier molecular flexibility index (Phi) is 17.5. The van der Waals surface area contributed by atoms with Crippen LogP contribution < -0.4 is 31.9 Å². The lowest BCUT2D eigenvalue weighted by Gasteiger charge is -2.44. The molecule has 2 aliphatic carbocycles. The van der Waals surface area contributed by atoms with Gasteiger partial charge in [-0.2, -0.15) is 0 Å². The maximum Gasteiger partial charge on any atom is 0.246 e. The summed E-state index contributed by atoms with van der Waals surface area (Å²) in [6.45, 7) is 15.6. The van der Waals surface area contributed by atoms with Gasteiger partial charge in [0.25, 0.3) is 0 Å². The molecule has 1 saturated carbocycles. The van der Waals surface area contributed by atoms with Gasteiger partial charge < -0.3 is 46.6 Å². The lowest BCUT2D eigenvalue weighted by Crippen LogP contribution is -2.62. The third-order valence-corrected chi connectivity index (χ3v) is 16.2. The van der Waals surface area contributed by atoms with Crippen molar-refractivity contribution in [3.8, 4) is 0 Å². The van der Waals surface area contributed by atoms with Crippen LogP contribution in [0.1, 0.15) is 134 Å². The van der Waals surface area contributed by atoms with Crippen molar-refractivity contribution in [3.05, 3.63) is 106 Å². The number of benzene rings is 3. The van der Waals surface area contributed by atoms with E-state index in [4.69, 9.17) is 0 Å². The number of carbonyl (C=O) groups excluding carboxylic acids is 7. The van der Waals surface area contributed by atoms with E-state index in [2.05, 4.69) is 31.9 Å². The quantitative estimate of drug-likeness (QED) is 0.106. The average Bonchev–Trinajstić information content (AvgIpc) is 4.09. The summed E-state index contributed by atoms with van der Waals surface area (Å²) in [6.07, 6.45) is 3.19. The second-order valence-corrected chi connectivity index (χ2v) is 23.7. The summed E-state index contributed by atoms with van der Waals surface area (Å²) in [5.41, 5.74) is 0.812. The maximum absolute atomic E-state index is 15.9. The number of halogens is 2. The Hall–Kier alpha value is -6.27. The second-order valence-electron chi connectivity index (χ2n) is 23.7. The molecule has 3 aromatic carbocycles. The number of likely N-dealkylation sites (N-methyl/N-ethyl adjacent to an activating group) is 2. The fraction of sp³-hybridized carbons (Fsp3) is 0.569. The molecule has 2 heterocycles. The highest BCUT2D eigenvalue weighted by atomic mass is 19.2. The maximum atomic E-state index is 15.9. The Bertz CT molecular complexity index is 2680. The van der Waals surface area contributed by atoms with E-state index in [0.29, 0.717) is 19.3 Å². The summed E-state index contributed by atoms with van der Waals surface area (Å²) in [5, 5.41) is 18.0.